The third-order valence-electron chi connectivity index (χ3n) is 3.01. The highest BCUT2D eigenvalue weighted by Crippen LogP contribution is 2.38. The summed E-state index contributed by atoms with van der Waals surface area (Å²) in [7, 11) is 0. The highest BCUT2D eigenvalue weighted by Gasteiger charge is 2.56. The minimum absolute atomic E-state index is 0.00184. The Bertz CT molecular complexity index is 722. The zero-order chi connectivity index (χ0) is 16.7. The van der Waals surface area contributed by atoms with Crippen LogP contribution in [0.3, 0.4) is 0 Å². The van der Waals surface area contributed by atoms with Gasteiger partial charge in [0.25, 0.3) is 0 Å². The molecule has 0 radical (unpaired) electrons. The number of rotatable bonds is 4. The van der Waals surface area contributed by atoms with Crippen molar-refractivity contribution in [1.29, 1.82) is 5.41 Å². The number of imidazole rings is 1. The number of nitrogens with zero attached hydrogens (tertiary/aromatic N) is 2. The molecule has 3 N–H and O–H groups in total. The first-order valence-electron chi connectivity index (χ1n) is 5.98. The van der Waals surface area contributed by atoms with Crippen molar-refractivity contribution >= 4 is 23.0 Å². The number of alkyl halides is 5. The summed E-state index contributed by atoms with van der Waals surface area (Å²) in [6, 6.07) is 2.93. The van der Waals surface area contributed by atoms with Gasteiger partial charge >= 0.3 is 12.1 Å². The minimum Gasteiger partial charge on any atom is -0.382 e. The van der Waals surface area contributed by atoms with Crippen molar-refractivity contribution in [2.75, 3.05) is 0 Å². The minimum atomic E-state index is -5.62. The molecule has 10 heteroatoms. The van der Waals surface area contributed by atoms with Gasteiger partial charge in [0.1, 0.15) is 17.4 Å². The summed E-state index contributed by atoms with van der Waals surface area (Å²) in [6.45, 7) is 0. The zero-order valence-electron chi connectivity index (χ0n) is 10.9. The molecule has 0 atom stereocenters. The number of amidine groups is 1. The number of fused-ring (bicyclic) bond motifs is 1. The predicted molar refractivity (Wildman–Crippen MR) is 70.5 cm³/mol. The van der Waals surface area contributed by atoms with E-state index in [-0.39, 0.29) is 16.5 Å². The van der Waals surface area contributed by atoms with Gasteiger partial charge in [-0.15, -0.1) is 0 Å². The van der Waals surface area contributed by atoms with Crippen LogP contribution in [0.2, 0.25) is 5.02 Å². The third-order valence-corrected chi connectivity index (χ3v) is 3.23. The van der Waals surface area contributed by atoms with Gasteiger partial charge in [-0.25, -0.2) is 4.98 Å². The van der Waals surface area contributed by atoms with E-state index in [1.54, 1.807) is 0 Å². The van der Waals surface area contributed by atoms with Crippen molar-refractivity contribution in [3.8, 4) is 0 Å². The quantitative estimate of drug-likeness (QED) is 0.509. The second-order valence-electron chi connectivity index (χ2n) is 4.60. The lowest BCUT2D eigenvalue weighted by Gasteiger charge is -2.18. The molecular formula is C12H10ClF5N4. The molecule has 0 saturated carbocycles. The molecule has 0 fully saturated rings. The molecule has 0 saturated heterocycles. The number of nitrogens with one attached hydrogen (secondary N) is 1. The molecule has 0 aliphatic heterocycles. The van der Waals surface area contributed by atoms with Crippen molar-refractivity contribution in [3.63, 3.8) is 0 Å². The molecular weight excluding hydrogens is 331 g/mol. The van der Waals surface area contributed by atoms with E-state index in [0.717, 1.165) is 0 Å². The molecule has 2 heterocycles. The SMILES string of the molecule is N=C(N)c1nc(CCC(F)(F)C(F)(F)F)n2cc(Cl)ccc12. The van der Waals surface area contributed by atoms with E-state index in [4.69, 9.17) is 22.7 Å². The van der Waals surface area contributed by atoms with E-state index in [2.05, 4.69) is 4.98 Å². The first-order chi connectivity index (χ1) is 10.0. The fourth-order valence-electron chi connectivity index (χ4n) is 1.91. The van der Waals surface area contributed by atoms with Crippen LogP contribution in [0, 0.1) is 5.41 Å². The van der Waals surface area contributed by atoms with Gasteiger partial charge < -0.3 is 10.1 Å². The Hall–Kier alpha value is -1.90. The maximum atomic E-state index is 13.0. The summed E-state index contributed by atoms with van der Waals surface area (Å²) < 4.78 is 63.9. The first-order valence-corrected chi connectivity index (χ1v) is 6.36. The molecule has 2 aromatic rings. The Morgan fingerprint density at radius 2 is 1.91 bits per heavy atom. The van der Waals surface area contributed by atoms with Crippen LogP contribution in [-0.2, 0) is 6.42 Å². The summed E-state index contributed by atoms with van der Waals surface area (Å²) in [5, 5.41) is 7.62. The van der Waals surface area contributed by atoms with E-state index in [1.807, 2.05) is 0 Å². The van der Waals surface area contributed by atoms with Gasteiger partial charge in [0, 0.05) is 19.0 Å². The Labute approximate surface area is 126 Å². The number of nitrogen functional groups attached to an aromatic ring is 1. The lowest BCUT2D eigenvalue weighted by molar-refractivity contribution is -0.284. The van der Waals surface area contributed by atoms with Crippen LogP contribution in [0.4, 0.5) is 22.0 Å². The van der Waals surface area contributed by atoms with Gasteiger partial charge in [-0.3, -0.25) is 5.41 Å². The Balaban J connectivity index is 2.40. The van der Waals surface area contributed by atoms with E-state index in [1.165, 1.54) is 22.7 Å². The van der Waals surface area contributed by atoms with Gasteiger partial charge in [-0.2, -0.15) is 22.0 Å². The Kier molecular flexibility index (Phi) is 4.03. The number of aromatic nitrogens is 2. The number of hydrogen-bond acceptors (Lipinski definition) is 2. The smallest absolute Gasteiger partial charge is 0.382 e. The lowest BCUT2D eigenvalue weighted by Crippen LogP contribution is -2.36. The van der Waals surface area contributed by atoms with E-state index in [0.29, 0.717) is 5.52 Å². The molecule has 0 aromatic carbocycles. The molecule has 0 spiro atoms. The van der Waals surface area contributed by atoms with E-state index < -0.39 is 30.8 Å². The maximum Gasteiger partial charge on any atom is 0.453 e. The molecule has 2 rings (SSSR count). The average molecular weight is 341 g/mol. The van der Waals surface area contributed by atoms with E-state index in [9.17, 15) is 22.0 Å². The molecule has 120 valence electrons. The molecule has 22 heavy (non-hydrogen) atoms. The molecule has 0 aliphatic carbocycles. The molecule has 0 aliphatic rings. The second-order valence-corrected chi connectivity index (χ2v) is 5.03. The summed E-state index contributed by atoms with van der Waals surface area (Å²) >= 11 is 5.78. The maximum absolute atomic E-state index is 13.0. The fraction of sp³-hybridized carbons (Fsp3) is 0.333. The number of nitrogens with two attached hydrogens (primary N) is 1. The third kappa shape index (κ3) is 2.99. The largest absolute Gasteiger partial charge is 0.453 e. The van der Waals surface area contributed by atoms with Crippen LogP contribution in [0.5, 0.6) is 0 Å². The highest BCUT2D eigenvalue weighted by molar-refractivity contribution is 6.30. The van der Waals surface area contributed by atoms with Crippen LogP contribution >= 0.6 is 11.6 Å². The number of pyridine rings is 1. The molecule has 0 bridgehead atoms. The number of aryl methyl sites for hydroxylation is 1. The van der Waals surface area contributed by atoms with Gasteiger partial charge in [-0.1, -0.05) is 11.6 Å². The van der Waals surface area contributed by atoms with Crippen molar-refractivity contribution in [2.24, 2.45) is 5.73 Å². The average Bonchev–Trinajstić information content (AvgIpc) is 2.73. The number of hydrogen-bond donors (Lipinski definition) is 2. The van der Waals surface area contributed by atoms with Crippen LogP contribution in [0.15, 0.2) is 18.3 Å². The summed E-state index contributed by atoms with van der Waals surface area (Å²) in [5.74, 6) is -5.33. The predicted octanol–water partition coefficient (Wildman–Crippen LogP) is 3.40. The Morgan fingerprint density at radius 3 is 2.45 bits per heavy atom. The highest BCUT2D eigenvalue weighted by atomic mass is 35.5. The van der Waals surface area contributed by atoms with Gasteiger partial charge in [-0.05, 0) is 12.1 Å². The summed E-state index contributed by atoms with van der Waals surface area (Å²) in [4.78, 5) is 3.87. The van der Waals surface area contributed by atoms with E-state index >= 15 is 0 Å². The van der Waals surface area contributed by atoms with Crippen LogP contribution < -0.4 is 5.73 Å². The molecule has 2 aromatic heterocycles. The normalized spacial score (nSPS) is 12.8. The zero-order valence-corrected chi connectivity index (χ0v) is 11.6. The van der Waals surface area contributed by atoms with Crippen LogP contribution in [0.25, 0.3) is 5.52 Å². The monoisotopic (exact) mass is 340 g/mol. The summed E-state index contributed by atoms with van der Waals surface area (Å²) in [5.41, 5.74) is 5.64. The Morgan fingerprint density at radius 1 is 1.27 bits per heavy atom. The lowest BCUT2D eigenvalue weighted by atomic mass is 10.1. The van der Waals surface area contributed by atoms with Crippen molar-refractivity contribution in [3.05, 3.63) is 34.9 Å². The van der Waals surface area contributed by atoms with Crippen molar-refractivity contribution < 1.29 is 22.0 Å². The summed E-state index contributed by atoms with van der Waals surface area (Å²) in [6.07, 6.45) is -6.42. The number of halogens is 6. The molecule has 4 nitrogen and oxygen atoms in total. The van der Waals surface area contributed by atoms with Gasteiger partial charge in [0.05, 0.1) is 10.5 Å². The van der Waals surface area contributed by atoms with Gasteiger partial charge in [0.15, 0.2) is 0 Å². The molecule has 0 amide bonds. The topological polar surface area (TPSA) is 67.2 Å². The van der Waals surface area contributed by atoms with Crippen molar-refractivity contribution in [2.45, 2.75) is 24.9 Å². The fourth-order valence-corrected chi connectivity index (χ4v) is 2.07. The first kappa shape index (κ1) is 16.5. The van der Waals surface area contributed by atoms with Crippen molar-refractivity contribution in [1.82, 2.24) is 9.38 Å². The second kappa shape index (κ2) is 5.38. The van der Waals surface area contributed by atoms with Gasteiger partial charge in [0.2, 0.25) is 0 Å². The van der Waals surface area contributed by atoms with Crippen LogP contribution in [0.1, 0.15) is 17.9 Å². The molecule has 0 unspecified atom stereocenters. The van der Waals surface area contributed by atoms with Crippen LogP contribution in [-0.4, -0.2) is 27.3 Å². The standard InChI is InChI=1S/C12H10ClF5N4/c13-6-1-2-7-9(10(19)20)21-8(22(7)5-6)3-4-11(14,15)12(16,17)18/h1-2,5H,3-4H2,(H3,19,20).